The zero-order valence-corrected chi connectivity index (χ0v) is 15.1. The van der Waals surface area contributed by atoms with E-state index in [0.717, 1.165) is 48.3 Å². The minimum atomic E-state index is 0.0225. The third-order valence-electron chi connectivity index (χ3n) is 4.35. The molecule has 1 fully saturated rings. The maximum absolute atomic E-state index is 12.9. The van der Waals surface area contributed by atoms with Gasteiger partial charge < -0.3 is 5.32 Å². The highest BCUT2D eigenvalue weighted by Gasteiger charge is 2.34. The molecule has 1 aliphatic rings. The first-order valence-corrected chi connectivity index (χ1v) is 9.01. The molecule has 4 nitrogen and oxygen atoms in total. The molecule has 1 saturated carbocycles. The minimum absolute atomic E-state index is 0.0225. The van der Waals surface area contributed by atoms with Crippen molar-refractivity contribution in [2.24, 2.45) is 0 Å². The van der Waals surface area contributed by atoms with Gasteiger partial charge in [-0.15, -0.1) is 0 Å². The van der Waals surface area contributed by atoms with Crippen LogP contribution in [0.25, 0.3) is 5.69 Å². The van der Waals surface area contributed by atoms with Crippen molar-refractivity contribution in [1.29, 1.82) is 0 Å². The van der Waals surface area contributed by atoms with E-state index in [4.69, 9.17) is 5.10 Å². The smallest absolute Gasteiger partial charge is 0.255 e. The maximum atomic E-state index is 12.9. The highest BCUT2D eigenvalue weighted by molar-refractivity contribution is 5.97. The number of aromatic nitrogens is 2. The van der Waals surface area contributed by atoms with Crippen LogP contribution in [0, 0.1) is 6.92 Å². The topological polar surface area (TPSA) is 46.9 Å². The average molecular weight is 325 g/mol. The van der Waals surface area contributed by atoms with E-state index in [1.807, 2.05) is 24.6 Å². The van der Waals surface area contributed by atoms with Gasteiger partial charge in [0.25, 0.3) is 5.91 Å². The van der Waals surface area contributed by atoms with Crippen LogP contribution in [0.5, 0.6) is 0 Å². The summed E-state index contributed by atoms with van der Waals surface area (Å²) in [7, 11) is 0. The monoisotopic (exact) mass is 325 g/mol. The summed E-state index contributed by atoms with van der Waals surface area (Å²) in [6.07, 6.45) is 4.12. The van der Waals surface area contributed by atoms with Gasteiger partial charge in [-0.3, -0.25) is 4.79 Å². The van der Waals surface area contributed by atoms with Gasteiger partial charge in [-0.2, -0.15) is 5.10 Å². The van der Waals surface area contributed by atoms with Crippen molar-refractivity contribution < 1.29 is 4.79 Å². The van der Waals surface area contributed by atoms with Crippen LogP contribution in [0.1, 0.15) is 73.3 Å². The molecule has 1 aliphatic carbocycles. The highest BCUT2D eigenvalue weighted by atomic mass is 16.1. The number of amides is 1. The Bertz CT molecular complexity index is 741. The first-order chi connectivity index (χ1) is 11.5. The Hall–Kier alpha value is -2.10. The van der Waals surface area contributed by atoms with Crippen molar-refractivity contribution in [2.75, 3.05) is 0 Å². The van der Waals surface area contributed by atoms with Gasteiger partial charge in [-0.05, 0) is 57.7 Å². The Balaban J connectivity index is 2.13. The minimum Gasteiger partial charge on any atom is -0.350 e. The number of benzene rings is 1. The summed E-state index contributed by atoms with van der Waals surface area (Å²) < 4.78 is 2.00. The van der Waals surface area contributed by atoms with Crippen molar-refractivity contribution in [3.8, 4) is 5.69 Å². The second kappa shape index (κ2) is 6.80. The van der Waals surface area contributed by atoms with Crippen LogP contribution in [0.2, 0.25) is 0 Å². The number of hydrogen-bond donors (Lipinski definition) is 1. The molecular weight excluding hydrogens is 298 g/mol. The summed E-state index contributed by atoms with van der Waals surface area (Å²) in [4.78, 5) is 12.9. The number of rotatable bonds is 6. The molecule has 1 aromatic heterocycles. The van der Waals surface area contributed by atoms with Gasteiger partial charge in [0, 0.05) is 12.0 Å². The lowest BCUT2D eigenvalue weighted by Crippen LogP contribution is -2.31. The van der Waals surface area contributed by atoms with Crippen LogP contribution < -0.4 is 5.32 Å². The third-order valence-corrected chi connectivity index (χ3v) is 4.35. The molecule has 1 aromatic carbocycles. The van der Waals surface area contributed by atoms with Gasteiger partial charge in [0.05, 0.1) is 22.6 Å². The Labute approximate surface area is 144 Å². The Morgan fingerprint density at radius 2 is 2.12 bits per heavy atom. The molecule has 0 atom stereocenters. The lowest BCUT2D eigenvalue weighted by atomic mass is 10.0. The summed E-state index contributed by atoms with van der Waals surface area (Å²) in [6, 6.07) is 8.46. The predicted octanol–water partition coefficient (Wildman–Crippen LogP) is 4.15. The van der Waals surface area contributed by atoms with E-state index >= 15 is 0 Å². The lowest BCUT2D eigenvalue weighted by Gasteiger charge is -2.12. The van der Waals surface area contributed by atoms with E-state index in [2.05, 4.69) is 37.4 Å². The summed E-state index contributed by atoms with van der Waals surface area (Å²) in [5.41, 5.74) is 5.09. The molecule has 0 aliphatic heterocycles. The van der Waals surface area contributed by atoms with E-state index < -0.39 is 0 Å². The van der Waals surface area contributed by atoms with Gasteiger partial charge in [0.2, 0.25) is 0 Å². The summed E-state index contributed by atoms with van der Waals surface area (Å²) >= 11 is 0. The van der Waals surface area contributed by atoms with Crippen LogP contribution in [0.15, 0.2) is 24.3 Å². The van der Waals surface area contributed by atoms with Gasteiger partial charge in [-0.1, -0.05) is 25.5 Å². The van der Waals surface area contributed by atoms with Gasteiger partial charge in [0.15, 0.2) is 0 Å². The third kappa shape index (κ3) is 3.37. The Morgan fingerprint density at radius 3 is 2.71 bits per heavy atom. The molecule has 0 unspecified atom stereocenters. The fraction of sp³-hybridized carbons (Fsp3) is 0.500. The number of carbonyl (C=O) groups excluding carboxylic acids is 1. The molecule has 0 spiro atoms. The van der Waals surface area contributed by atoms with E-state index in [-0.39, 0.29) is 11.9 Å². The van der Waals surface area contributed by atoms with Crippen LogP contribution in [0.3, 0.4) is 0 Å². The standard InChI is InChI=1S/C20H27N3O/c1-5-7-17-18(20(24)21-13(2)3)19(15-10-11-15)22-23(17)16-9-6-8-14(4)12-16/h6,8-9,12-13,15H,5,7,10-11H2,1-4H3,(H,21,24). The van der Waals surface area contributed by atoms with Crippen LogP contribution in [0.4, 0.5) is 0 Å². The number of aryl methyl sites for hydroxylation is 1. The SMILES string of the molecule is CCCc1c(C(=O)NC(C)C)c(C2CC2)nn1-c1cccc(C)c1. The molecule has 0 radical (unpaired) electrons. The van der Waals surface area contributed by atoms with Crippen LogP contribution in [-0.4, -0.2) is 21.7 Å². The second-order valence-corrected chi connectivity index (χ2v) is 7.11. The normalized spacial score (nSPS) is 14.2. The molecule has 3 rings (SSSR count). The molecule has 4 heteroatoms. The fourth-order valence-electron chi connectivity index (χ4n) is 3.14. The second-order valence-electron chi connectivity index (χ2n) is 7.11. The quantitative estimate of drug-likeness (QED) is 0.867. The molecule has 0 bridgehead atoms. The van der Waals surface area contributed by atoms with Gasteiger partial charge >= 0.3 is 0 Å². The fourth-order valence-corrected chi connectivity index (χ4v) is 3.14. The van der Waals surface area contributed by atoms with Crippen LogP contribution >= 0.6 is 0 Å². The molecular formula is C20H27N3O. The first kappa shape index (κ1) is 16.7. The number of nitrogens with zero attached hydrogens (tertiary/aromatic N) is 2. The van der Waals surface area contributed by atoms with Crippen molar-refractivity contribution in [3.05, 3.63) is 46.8 Å². The van der Waals surface area contributed by atoms with Crippen LogP contribution in [-0.2, 0) is 6.42 Å². The Kier molecular flexibility index (Phi) is 4.74. The first-order valence-electron chi connectivity index (χ1n) is 9.01. The van der Waals surface area contributed by atoms with E-state index in [9.17, 15) is 4.79 Å². The predicted molar refractivity (Wildman–Crippen MR) is 96.9 cm³/mol. The number of hydrogen-bond acceptors (Lipinski definition) is 2. The largest absolute Gasteiger partial charge is 0.350 e. The van der Waals surface area contributed by atoms with Crippen molar-refractivity contribution in [3.63, 3.8) is 0 Å². The van der Waals surface area contributed by atoms with Crippen molar-refractivity contribution in [2.45, 2.75) is 65.3 Å². The van der Waals surface area contributed by atoms with Gasteiger partial charge in [0.1, 0.15) is 0 Å². The molecule has 24 heavy (non-hydrogen) atoms. The number of nitrogens with one attached hydrogen (secondary N) is 1. The van der Waals surface area contributed by atoms with E-state index in [1.54, 1.807) is 0 Å². The molecule has 1 heterocycles. The molecule has 2 aromatic rings. The highest BCUT2D eigenvalue weighted by Crippen LogP contribution is 2.42. The average Bonchev–Trinajstić information content (AvgIpc) is 3.29. The zero-order chi connectivity index (χ0) is 17.3. The molecule has 128 valence electrons. The van der Waals surface area contributed by atoms with E-state index in [0.29, 0.717) is 5.92 Å². The maximum Gasteiger partial charge on any atom is 0.255 e. The zero-order valence-electron chi connectivity index (χ0n) is 15.1. The summed E-state index contributed by atoms with van der Waals surface area (Å²) in [6.45, 7) is 8.23. The molecule has 0 saturated heterocycles. The van der Waals surface area contributed by atoms with E-state index in [1.165, 1.54) is 5.56 Å². The van der Waals surface area contributed by atoms with Crippen molar-refractivity contribution in [1.82, 2.24) is 15.1 Å². The Morgan fingerprint density at radius 1 is 1.38 bits per heavy atom. The summed E-state index contributed by atoms with van der Waals surface area (Å²) in [5.74, 6) is 0.467. The van der Waals surface area contributed by atoms with Gasteiger partial charge in [-0.25, -0.2) is 4.68 Å². The molecule has 1 N–H and O–H groups in total. The van der Waals surface area contributed by atoms with Crippen molar-refractivity contribution >= 4 is 5.91 Å². The molecule has 1 amide bonds. The number of carbonyl (C=O) groups is 1. The lowest BCUT2D eigenvalue weighted by molar-refractivity contribution is 0.0941. The summed E-state index contributed by atoms with van der Waals surface area (Å²) in [5, 5.41) is 7.95.